The highest BCUT2D eigenvalue weighted by Crippen LogP contribution is 2.33. The zero-order valence-corrected chi connectivity index (χ0v) is 14.5. The van der Waals surface area contributed by atoms with E-state index in [1.165, 1.54) is 19.4 Å². The minimum absolute atomic E-state index is 0.444. The van der Waals surface area contributed by atoms with Crippen molar-refractivity contribution in [1.82, 2.24) is 34.5 Å². The van der Waals surface area contributed by atoms with Crippen molar-refractivity contribution in [2.45, 2.75) is 31.6 Å². The highest BCUT2D eigenvalue weighted by atomic mass is 15.4. The van der Waals surface area contributed by atoms with Crippen LogP contribution in [0.4, 0.5) is 0 Å². The summed E-state index contributed by atoms with van der Waals surface area (Å²) in [5.41, 5.74) is 2.72. The molecule has 1 saturated carbocycles. The van der Waals surface area contributed by atoms with Crippen LogP contribution < -0.4 is 0 Å². The van der Waals surface area contributed by atoms with Crippen molar-refractivity contribution in [3.05, 3.63) is 30.2 Å². The van der Waals surface area contributed by atoms with Gasteiger partial charge in [-0.1, -0.05) is 0 Å². The molecule has 3 aromatic rings. The lowest BCUT2D eigenvalue weighted by molar-refractivity contribution is 0.201. The van der Waals surface area contributed by atoms with E-state index in [0.717, 1.165) is 54.7 Å². The van der Waals surface area contributed by atoms with Gasteiger partial charge in [0.1, 0.15) is 5.69 Å². The summed E-state index contributed by atoms with van der Waals surface area (Å²) in [6.45, 7) is 3.62. The highest BCUT2D eigenvalue weighted by molar-refractivity contribution is 5.55. The van der Waals surface area contributed by atoms with Gasteiger partial charge in [-0.15, -0.1) is 10.2 Å². The van der Waals surface area contributed by atoms with Crippen LogP contribution in [0.25, 0.3) is 17.0 Å². The van der Waals surface area contributed by atoms with Crippen LogP contribution in [-0.4, -0.2) is 54.1 Å². The summed E-state index contributed by atoms with van der Waals surface area (Å²) in [5, 5.41) is 17.9. The Balaban J connectivity index is 1.40. The van der Waals surface area contributed by atoms with E-state index in [1.54, 1.807) is 6.20 Å². The molecule has 130 valence electrons. The summed E-state index contributed by atoms with van der Waals surface area (Å²) < 4.78 is 3.78. The molecule has 0 N–H and O–H groups in total. The third-order valence-corrected chi connectivity index (χ3v) is 5.54. The Kier molecular flexibility index (Phi) is 3.55. The second-order valence-electron chi connectivity index (χ2n) is 7.41. The van der Waals surface area contributed by atoms with Crippen molar-refractivity contribution in [3.8, 4) is 11.4 Å². The molecular weight excluding hydrogens is 314 g/mol. The predicted octanol–water partition coefficient (Wildman–Crippen LogP) is 2.11. The number of aryl methyl sites for hydroxylation is 1. The average molecular weight is 337 g/mol. The van der Waals surface area contributed by atoms with Crippen LogP contribution in [0.3, 0.4) is 0 Å². The zero-order valence-electron chi connectivity index (χ0n) is 14.5. The number of piperidine rings is 1. The standard InChI is InChI=1S/C18H23N7/c1-23-16(6-9-19-23)15-4-5-17-20-21-18(25(17)22-15)14-7-10-24(11-8-14)12-13-2-3-13/h4-6,9,13-14H,2-3,7-8,10-12H2,1H3. The molecular formula is C18H23N7. The maximum Gasteiger partial charge on any atom is 0.177 e. The molecule has 5 rings (SSSR count). The van der Waals surface area contributed by atoms with Crippen LogP contribution in [0.1, 0.15) is 37.4 Å². The summed E-state index contributed by atoms with van der Waals surface area (Å²) in [7, 11) is 1.93. The first-order valence-electron chi connectivity index (χ1n) is 9.21. The molecule has 1 aliphatic carbocycles. The minimum atomic E-state index is 0.444. The Morgan fingerprint density at radius 3 is 2.60 bits per heavy atom. The van der Waals surface area contributed by atoms with Crippen LogP contribution in [0.5, 0.6) is 0 Å². The highest BCUT2D eigenvalue weighted by Gasteiger charge is 2.29. The van der Waals surface area contributed by atoms with E-state index in [9.17, 15) is 0 Å². The van der Waals surface area contributed by atoms with Gasteiger partial charge >= 0.3 is 0 Å². The maximum atomic E-state index is 4.81. The molecule has 4 heterocycles. The average Bonchev–Trinajstić information content (AvgIpc) is 3.18. The summed E-state index contributed by atoms with van der Waals surface area (Å²) in [5.74, 6) is 2.42. The molecule has 25 heavy (non-hydrogen) atoms. The quantitative estimate of drug-likeness (QED) is 0.730. The van der Waals surface area contributed by atoms with E-state index in [2.05, 4.69) is 20.2 Å². The maximum absolute atomic E-state index is 4.81. The van der Waals surface area contributed by atoms with Crippen molar-refractivity contribution in [3.63, 3.8) is 0 Å². The SMILES string of the molecule is Cn1nccc1-c1ccc2nnc(C3CCN(CC4CC4)CC3)n2n1. The Labute approximate surface area is 146 Å². The van der Waals surface area contributed by atoms with Crippen molar-refractivity contribution in [1.29, 1.82) is 0 Å². The first-order chi connectivity index (χ1) is 12.3. The molecule has 0 atom stereocenters. The fourth-order valence-electron chi connectivity index (χ4n) is 3.86. The van der Waals surface area contributed by atoms with Gasteiger partial charge in [-0.2, -0.15) is 14.7 Å². The fraction of sp³-hybridized carbons (Fsp3) is 0.556. The molecule has 0 spiro atoms. The van der Waals surface area contributed by atoms with Gasteiger partial charge in [-0.3, -0.25) is 4.68 Å². The molecule has 2 aliphatic rings. The van der Waals surface area contributed by atoms with Gasteiger partial charge < -0.3 is 4.90 Å². The van der Waals surface area contributed by atoms with Gasteiger partial charge in [-0.25, -0.2) is 0 Å². The Hall–Kier alpha value is -2.28. The number of hydrogen-bond acceptors (Lipinski definition) is 5. The summed E-state index contributed by atoms with van der Waals surface area (Å²) in [6.07, 6.45) is 6.94. The van der Waals surface area contributed by atoms with Gasteiger partial charge in [0.25, 0.3) is 0 Å². The minimum Gasteiger partial charge on any atom is -0.303 e. The summed E-state index contributed by atoms with van der Waals surface area (Å²) >= 11 is 0. The Bertz CT molecular complexity index is 884. The smallest absolute Gasteiger partial charge is 0.177 e. The largest absolute Gasteiger partial charge is 0.303 e. The first kappa shape index (κ1) is 15.0. The van der Waals surface area contributed by atoms with Crippen LogP contribution in [0.15, 0.2) is 24.4 Å². The van der Waals surface area contributed by atoms with E-state index in [0.29, 0.717) is 5.92 Å². The fourth-order valence-corrected chi connectivity index (χ4v) is 3.86. The van der Waals surface area contributed by atoms with Crippen molar-refractivity contribution < 1.29 is 0 Å². The monoisotopic (exact) mass is 337 g/mol. The van der Waals surface area contributed by atoms with Gasteiger partial charge in [-0.05, 0) is 62.9 Å². The normalized spacial score (nSPS) is 19.7. The molecule has 0 radical (unpaired) electrons. The second kappa shape index (κ2) is 5.91. The lowest BCUT2D eigenvalue weighted by Crippen LogP contribution is -2.35. The topological polar surface area (TPSA) is 64.1 Å². The van der Waals surface area contributed by atoms with E-state index in [4.69, 9.17) is 5.10 Å². The number of rotatable bonds is 4. The van der Waals surface area contributed by atoms with Crippen molar-refractivity contribution >= 4 is 5.65 Å². The summed E-state index contributed by atoms with van der Waals surface area (Å²) in [6, 6.07) is 5.96. The first-order valence-corrected chi connectivity index (χ1v) is 9.21. The number of hydrogen-bond donors (Lipinski definition) is 0. The van der Waals surface area contributed by atoms with E-state index < -0.39 is 0 Å². The van der Waals surface area contributed by atoms with Gasteiger partial charge in [0.05, 0.1) is 5.69 Å². The van der Waals surface area contributed by atoms with E-state index in [-0.39, 0.29) is 0 Å². The van der Waals surface area contributed by atoms with Crippen molar-refractivity contribution in [2.75, 3.05) is 19.6 Å². The van der Waals surface area contributed by atoms with Crippen molar-refractivity contribution in [2.24, 2.45) is 13.0 Å². The molecule has 2 fully saturated rings. The van der Waals surface area contributed by atoms with Gasteiger partial charge in [0, 0.05) is 25.7 Å². The molecule has 1 aliphatic heterocycles. The molecule has 3 aromatic heterocycles. The molecule has 0 amide bonds. The third kappa shape index (κ3) is 2.82. The zero-order chi connectivity index (χ0) is 16.8. The third-order valence-electron chi connectivity index (χ3n) is 5.54. The Morgan fingerprint density at radius 1 is 1.04 bits per heavy atom. The van der Waals surface area contributed by atoms with Crippen LogP contribution >= 0.6 is 0 Å². The molecule has 0 bridgehead atoms. The predicted molar refractivity (Wildman–Crippen MR) is 94.1 cm³/mol. The number of fused-ring (bicyclic) bond motifs is 1. The molecule has 0 aromatic carbocycles. The second-order valence-corrected chi connectivity index (χ2v) is 7.41. The number of aromatic nitrogens is 6. The molecule has 0 unspecified atom stereocenters. The van der Waals surface area contributed by atoms with Crippen LogP contribution in [0.2, 0.25) is 0 Å². The molecule has 7 nitrogen and oxygen atoms in total. The summed E-state index contributed by atoms with van der Waals surface area (Å²) in [4.78, 5) is 2.62. The van der Waals surface area contributed by atoms with Crippen LogP contribution in [-0.2, 0) is 7.05 Å². The number of nitrogens with zero attached hydrogens (tertiary/aromatic N) is 7. The number of likely N-dealkylation sites (tertiary alicyclic amines) is 1. The van der Waals surface area contributed by atoms with E-state index in [1.807, 2.05) is 34.4 Å². The Morgan fingerprint density at radius 2 is 1.88 bits per heavy atom. The molecule has 7 heteroatoms. The lowest BCUT2D eigenvalue weighted by atomic mass is 9.96. The van der Waals surface area contributed by atoms with Gasteiger partial charge in [0.2, 0.25) is 0 Å². The molecule has 1 saturated heterocycles. The van der Waals surface area contributed by atoms with Gasteiger partial charge in [0.15, 0.2) is 11.5 Å². The van der Waals surface area contributed by atoms with Crippen LogP contribution in [0, 0.1) is 5.92 Å². The van der Waals surface area contributed by atoms with E-state index >= 15 is 0 Å². The lowest BCUT2D eigenvalue weighted by Gasteiger charge is -2.30.